The molecule has 22 heavy (non-hydrogen) atoms. The largest absolute Gasteiger partial charge is 0.497 e. The first-order chi connectivity index (χ1) is 10.7. The van der Waals surface area contributed by atoms with Crippen molar-refractivity contribution in [1.82, 2.24) is 5.32 Å². The van der Waals surface area contributed by atoms with Gasteiger partial charge in [-0.05, 0) is 48.2 Å². The highest BCUT2D eigenvalue weighted by Crippen LogP contribution is 2.35. The molecular formula is C17H18N2O3. The Morgan fingerprint density at radius 1 is 1.18 bits per heavy atom. The van der Waals surface area contributed by atoms with Gasteiger partial charge in [-0.3, -0.25) is 0 Å². The van der Waals surface area contributed by atoms with Gasteiger partial charge in [-0.25, -0.2) is 4.79 Å². The minimum Gasteiger partial charge on any atom is -0.497 e. The van der Waals surface area contributed by atoms with E-state index in [1.807, 2.05) is 42.5 Å². The monoisotopic (exact) mass is 298 g/mol. The predicted octanol–water partition coefficient (Wildman–Crippen LogP) is 3.14. The molecule has 0 radical (unpaired) electrons. The number of urea groups is 1. The van der Waals surface area contributed by atoms with Gasteiger partial charge >= 0.3 is 6.03 Å². The Bertz CT molecular complexity index is 700. The van der Waals surface area contributed by atoms with Crippen LogP contribution < -0.4 is 20.5 Å². The van der Waals surface area contributed by atoms with Crippen molar-refractivity contribution in [3.8, 4) is 17.2 Å². The number of amides is 2. The molecule has 114 valence electrons. The second-order valence-electron chi connectivity index (χ2n) is 5.24. The lowest BCUT2D eigenvalue weighted by molar-refractivity contribution is 0.245. The number of carbonyl (C=O) groups excluding carboxylic acids is 1. The lowest BCUT2D eigenvalue weighted by atomic mass is 10.1. The second-order valence-corrected chi connectivity index (χ2v) is 5.24. The lowest BCUT2D eigenvalue weighted by Crippen LogP contribution is -2.32. The van der Waals surface area contributed by atoms with Crippen LogP contribution in [0.15, 0.2) is 42.5 Å². The zero-order valence-corrected chi connectivity index (χ0v) is 12.3. The van der Waals surface area contributed by atoms with Crippen LogP contribution >= 0.6 is 0 Å². The van der Waals surface area contributed by atoms with Crippen LogP contribution in [-0.4, -0.2) is 13.1 Å². The van der Waals surface area contributed by atoms with Crippen LogP contribution in [0.3, 0.4) is 0 Å². The fourth-order valence-corrected chi connectivity index (χ4v) is 2.78. The van der Waals surface area contributed by atoms with Crippen molar-refractivity contribution in [2.45, 2.75) is 18.9 Å². The summed E-state index contributed by atoms with van der Waals surface area (Å²) in [6.45, 7) is 0. The molecule has 0 saturated carbocycles. The van der Waals surface area contributed by atoms with Gasteiger partial charge in [0, 0.05) is 6.07 Å². The molecule has 5 nitrogen and oxygen atoms in total. The number of carbonyl (C=O) groups is 1. The smallest absolute Gasteiger partial charge is 0.312 e. The van der Waals surface area contributed by atoms with Gasteiger partial charge in [-0.15, -0.1) is 0 Å². The van der Waals surface area contributed by atoms with E-state index in [0.717, 1.165) is 35.7 Å². The molecule has 5 heteroatoms. The van der Waals surface area contributed by atoms with Crippen molar-refractivity contribution in [1.29, 1.82) is 0 Å². The Labute approximate surface area is 129 Å². The highest BCUT2D eigenvalue weighted by atomic mass is 16.5. The molecule has 0 saturated heterocycles. The van der Waals surface area contributed by atoms with E-state index in [0.29, 0.717) is 0 Å². The van der Waals surface area contributed by atoms with Crippen molar-refractivity contribution in [2.75, 3.05) is 7.11 Å². The SMILES string of the molecule is COc1cccc(Oc2ccc3c(c2)CCC3NC(N)=O)c1. The van der Waals surface area contributed by atoms with Crippen LogP contribution in [0, 0.1) is 0 Å². The number of hydrogen-bond acceptors (Lipinski definition) is 3. The minimum atomic E-state index is -0.491. The number of hydrogen-bond donors (Lipinski definition) is 2. The predicted molar refractivity (Wildman–Crippen MR) is 83.3 cm³/mol. The van der Waals surface area contributed by atoms with E-state index < -0.39 is 6.03 Å². The summed E-state index contributed by atoms with van der Waals surface area (Å²) in [5.41, 5.74) is 7.49. The molecule has 0 bridgehead atoms. The number of ether oxygens (including phenoxy) is 2. The van der Waals surface area contributed by atoms with E-state index in [1.54, 1.807) is 7.11 Å². The van der Waals surface area contributed by atoms with E-state index in [4.69, 9.17) is 15.2 Å². The van der Waals surface area contributed by atoms with Gasteiger partial charge in [-0.1, -0.05) is 12.1 Å². The third-order valence-corrected chi connectivity index (χ3v) is 3.79. The van der Waals surface area contributed by atoms with Crippen molar-refractivity contribution >= 4 is 6.03 Å². The van der Waals surface area contributed by atoms with Gasteiger partial charge in [0.2, 0.25) is 0 Å². The van der Waals surface area contributed by atoms with Crippen LogP contribution in [0.5, 0.6) is 17.2 Å². The van der Waals surface area contributed by atoms with Crippen molar-refractivity contribution in [3.63, 3.8) is 0 Å². The molecule has 2 aromatic rings. The highest BCUT2D eigenvalue weighted by molar-refractivity contribution is 5.72. The lowest BCUT2D eigenvalue weighted by Gasteiger charge is -2.13. The topological polar surface area (TPSA) is 73.6 Å². The molecule has 0 spiro atoms. The summed E-state index contributed by atoms with van der Waals surface area (Å²) in [6.07, 6.45) is 1.76. The fraction of sp³-hybridized carbons (Fsp3) is 0.235. The van der Waals surface area contributed by atoms with Crippen LogP contribution in [-0.2, 0) is 6.42 Å². The summed E-state index contributed by atoms with van der Waals surface area (Å²) in [4.78, 5) is 11.0. The third-order valence-electron chi connectivity index (χ3n) is 3.79. The summed E-state index contributed by atoms with van der Waals surface area (Å²) in [7, 11) is 1.63. The molecule has 0 aliphatic heterocycles. The molecule has 1 atom stereocenters. The number of aryl methyl sites for hydroxylation is 1. The van der Waals surface area contributed by atoms with Crippen molar-refractivity contribution in [3.05, 3.63) is 53.6 Å². The first kappa shape index (κ1) is 14.3. The number of fused-ring (bicyclic) bond motifs is 1. The number of benzene rings is 2. The van der Waals surface area contributed by atoms with Gasteiger partial charge in [0.15, 0.2) is 0 Å². The van der Waals surface area contributed by atoms with E-state index in [9.17, 15) is 4.79 Å². The van der Waals surface area contributed by atoms with Crippen molar-refractivity contribution in [2.24, 2.45) is 5.73 Å². The number of methoxy groups -OCH3 is 1. The Balaban J connectivity index is 1.78. The summed E-state index contributed by atoms with van der Waals surface area (Å²) < 4.78 is 11.1. The molecular weight excluding hydrogens is 280 g/mol. The quantitative estimate of drug-likeness (QED) is 0.910. The number of rotatable bonds is 4. The van der Waals surface area contributed by atoms with Crippen LogP contribution in [0.2, 0.25) is 0 Å². The normalized spacial score (nSPS) is 16.0. The summed E-state index contributed by atoms with van der Waals surface area (Å²) in [5, 5.41) is 2.76. The van der Waals surface area contributed by atoms with Gasteiger partial charge in [0.05, 0.1) is 13.2 Å². The molecule has 3 rings (SSSR count). The van der Waals surface area contributed by atoms with E-state index in [-0.39, 0.29) is 6.04 Å². The summed E-state index contributed by atoms with van der Waals surface area (Å²) >= 11 is 0. The van der Waals surface area contributed by atoms with E-state index in [2.05, 4.69) is 5.32 Å². The molecule has 1 unspecified atom stereocenters. The van der Waals surface area contributed by atoms with Crippen LogP contribution in [0.1, 0.15) is 23.6 Å². The third kappa shape index (κ3) is 2.98. The van der Waals surface area contributed by atoms with Crippen LogP contribution in [0.4, 0.5) is 4.79 Å². The molecule has 3 N–H and O–H groups in total. The van der Waals surface area contributed by atoms with Gasteiger partial charge in [0.1, 0.15) is 17.2 Å². The number of nitrogens with one attached hydrogen (secondary N) is 1. The van der Waals surface area contributed by atoms with Crippen LogP contribution in [0.25, 0.3) is 0 Å². The van der Waals surface area contributed by atoms with E-state index >= 15 is 0 Å². The Morgan fingerprint density at radius 2 is 1.95 bits per heavy atom. The Kier molecular flexibility index (Phi) is 3.87. The van der Waals surface area contributed by atoms with Gasteiger partial charge in [-0.2, -0.15) is 0 Å². The standard InChI is InChI=1S/C17H18N2O3/c1-21-12-3-2-4-13(10-12)22-14-6-7-15-11(9-14)5-8-16(15)19-17(18)20/h2-4,6-7,9-10,16H,5,8H2,1H3,(H3,18,19,20). The maximum atomic E-state index is 11.0. The highest BCUT2D eigenvalue weighted by Gasteiger charge is 2.23. The maximum Gasteiger partial charge on any atom is 0.312 e. The zero-order valence-electron chi connectivity index (χ0n) is 12.3. The summed E-state index contributed by atoms with van der Waals surface area (Å²) in [6, 6.07) is 12.9. The molecule has 0 fully saturated rings. The maximum absolute atomic E-state index is 11.0. The molecule has 0 aromatic heterocycles. The average molecular weight is 298 g/mol. The molecule has 0 heterocycles. The minimum absolute atomic E-state index is 0.00151. The first-order valence-corrected chi connectivity index (χ1v) is 7.16. The molecule has 1 aliphatic rings. The molecule has 2 aromatic carbocycles. The van der Waals surface area contributed by atoms with Gasteiger partial charge in [0.25, 0.3) is 0 Å². The molecule has 2 amide bonds. The fourth-order valence-electron chi connectivity index (χ4n) is 2.78. The van der Waals surface area contributed by atoms with Crippen molar-refractivity contribution < 1.29 is 14.3 Å². The van der Waals surface area contributed by atoms with Gasteiger partial charge < -0.3 is 20.5 Å². The molecule has 1 aliphatic carbocycles. The number of nitrogens with two attached hydrogens (primary N) is 1. The zero-order chi connectivity index (χ0) is 15.5. The Morgan fingerprint density at radius 3 is 2.73 bits per heavy atom. The number of primary amides is 1. The average Bonchev–Trinajstić information content (AvgIpc) is 2.89. The van der Waals surface area contributed by atoms with E-state index in [1.165, 1.54) is 5.56 Å². The first-order valence-electron chi connectivity index (χ1n) is 7.16. The summed E-state index contributed by atoms with van der Waals surface area (Å²) in [5.74, 6) is 2.25. The Hall–Kier alpha value is -2.69. The second kappa shape index (κ2) is 5.97.